The van der Waals surface area contributed by atoms with Crippen molar-refractivity contribution in [1.82, 2.24) is 4.83 Å². The number of furan rings is 1. The zero-order valence-corrected chi connectivity index (χ0v) is 17.7. The van der Waals surface area contributed by atoms with E-state index in [2.05, 4.69) is 9.93 Å². The van der Waals surface area contributed by atoms with Gasteiger partial charge in [-0.05, 0) is 68.3 Å². The van der Waals surface area contributed by atoms with E-state index >= 15 is 0 Å². The maximum absolute atomic E-state index is 12.6. The van der Waals surface area contributed by atoms with Gasteiger partial charge in [0.15, 0.2) is 0 Å². The largest absolute Gasteiger partial charge is 0.486 e. The van der Waals surface area contributed by atoms with Crippen LogP contribution in [0.25, 0.3) is 0 Å². The predicted molar refractivity (Wildman–Crippen MR) is 113 cm³/mol. The maximum atomic E-state index is 12.6. The Hall–Kier alpha value is -3.57. The van der Waals surface area contributed by atoms with Crippen LogP contribution in [0.5, 0.6) is 5.75 Å². The van der Waals surface area contributed by atoms with E-state index in [9.17, 15) is 8.42 Å². The van der Waals surface area contributed by atoms with Crippen molar-refractivity contribution in [2.24, 2.45) is 5.10 Å². The number of hydrogen-bond donors (Lipinski definition) is 1. The fourth-order valence-electron chi connectivity index (χ4n) is 3.12. The second kappa shape index (κ2) is 8.84. The monoisotopic (exact) mass is 423 g/mol. The zero-order valence-electron chi connectivity index (χ0n) is 16.8. The molecule has 154 valence electrons. The number of hydrogen-bond acceptors (Lipinski definition) is 6. The first-order valence-corrected chi connectivity index (χ1v) is 10.6. The Balaban J connectivity index is 1.62. The zero-order chi connectivity index (χ0) is 21.7. The van der Waals surface area contributed by atoms with Crippen LogP contribution in [0.2, 0.25) is 0 Å². The molecule has 0 aliphatic rings. The molecule has 0 unspecified atom stereocenters. The summed E-state index contributed by atoms with van der Waals surface area (Å²) in [6.45, 7) is 5.62. The number of nitriles is 1. The molecule has 0 bridgehead atoms. The van der Waals surface area contributed by atoms with E-state index < -0.39 is 10.0 Å². The first-order chi connectivity index (χ1) is 14.3. The molecule has 30 heavy (non-hydrogen) atoms. The molecule has 0 amide bonds. The average molecular weight is 423 g/mol. The molecule has 1 N–H and O–H groups in total. The van der Waals surface area contributed by atoms with Crippen LogP contribution < -0.4 is 9.57 Å². The van der Waals surface area contributed by atoms with Crippen LogP contribution in [0.4, 0.5) is 0 Å². The summed E-state index contributed by atoms with van der Waals surface area (Å²) in [7, 11) is -3.79. The number of benzene rings is 2. The minimum atomic E-state index is -3.79. The molecule has 3 aromatic rings. The summed E-state index contributed by atoms with van der Waals surface area (Å²) in [6.07, 6.45) is 1.29. The minimum absolute atomic E-state index is 0.188. The number of aryl methyl sites for hydroxylation is 3. The van der Waals surface area contributed by atoms with Crippen molar-refractivity contribution >= 4 is 16.2 Å². The normalized spacial score (nSPS) is 11.4. The SMILES string of the molecule is Cc1cc(C)c(S(=O)(=O)N/N=C/c2ccc(COc3ccc(C#N)cc3)o2)c(C)c1. The Labute approximate surface area is 175 Å². The number of sulfonamides is 1. The first kappa shape index (κ1) is 21.1. The van der Waals surface area contributed by atoms with Gasteiger partial charge in [0.05, 0.1) is 22.7 Å². The summed E-state index contributed by atoms with van der Waals surface area (Å²) >= 11 is 0. The number of ether oxygens (including phenoxy) is 1. The third-order valence-corrected chi connectivity index (χ3v) is 5.81. The number of rotatable bonds is 7. The maximum Gasteiger partial charge on any atom is 0.277 e. The highest BCUT2D eigenvalue weighted by molar-refractivity contribution is 7.89. The molecule has 0 aliphatic carbocycles. The molecule has 0 aliphatic heterocycles. The first-order valence-electron chi connectivity index (χ1n) is 9.13. The molecule has 1 heterocycles. The standard InChI is InChI=1S/C22H21N3O4S/c1-15-10-16(2)22(17(3)11-15)30(26,27)25-24-13-20-8-9-21(29-20)14-28-19-6-4-18(12-23)5-7-19/h4-11,13,25H,14H2,1-3H3/b24-13+. The van der Waals surface area contributed by atoms with Crippen LogP contribution in [-0.2, 0) is 16.6 Å². The van der Waals surface area contributed by atoms with E-state index in [4.69, 9.17) is 14.4 Å². The summed E-state index contributed by atoms with van der Waals surface area (Å²) in [5.41, 5.74) is 2.88. The fraction of sp³-hybridized carbons (Fsp3) is 0.182. The lowest BCUT2D eigenvalue weighted by Gasteiger charge is -2.11. The molecule has 0 saturated carbocycles. The van der Waals surface area contributed by atoms with Crippen LogP contribution in [-0.4, -0.2) is 14.6 Å². The van der Waals surface area contributed by atoms with E-state index in [1.165, 1.54) is 6.21 Å². The Bertz CT molecular complexity index is 1200. The molecule has 2 aromatic carbocycles. The Morgan fingerprint density at radius 2 is 1.77 bits per heavy atom. The van der Waals surface area contributed by atoms with E-state index in [-0.39, 0.29) is 11.5 Å². The third-order valence-electron chi connectivity index (χ3n) is 4.29. The third kappa shape index (κ3) is 5.07. The molecule has 3 rings (SSSR count). The molecule has 0 saturated heterocycles. The van der Waals surface area contributed by atoms with E-state index in [0.29, 0.717) is 34.0 Å². The molecular formula is C22H21N3O4S. The van der Waals surface area contributed by atoms with Crippen LogP contribution in [0, 0.1) is 32.1 Å². The molecule has 0 radical (unpaired) electrons. The molecule has 0 atom stereocenters. The van der Waals surface area contributed by atoms with Gasteiger partial charge in [-0.3, -0.25) is 0 Å². The van der Waals surface area contributed by atoms with Crippen LogP contribution in [0.1, 0.15) is 33.8 Å². The molecule has 0 fully saturated rings. The molecular weight excluding hydrogens is 402 g/mol. The van der Waals surface area contributed by atoms with Gasteiger partial charge in [0.25, 0.3) is 10.0 Å². The van der Waals surface area contributed by atoms with Crippen LogP contribution in [0.15, 0.2) is 62.9 Å². The van der Waals surface area contributed by atoms with Crippen molar-refractivity contribution in [1.29, 1.82) is 5.26 Å². The van der Waals surface area contributed by atoms with Gasteiger partial charge in [-0.1, -0.05) is 17.7 Å². The summed E-state index contributed by atoms with van der Waals surface area (Å²) in [6, 6.07) is 15.8. The Morgan fingerprint density at radius 1 is 1.10 bits per heavy atom. The second-order valence-electron chi connectivity index (χ2n) is 6.81. The van der Waals surface area contributed by atoms with Crippen molar-refractivity contribution in [2.45, 2.75) is 32.3 Å². The number of nitrogens with one attached hydrogen (secondary N) is 1. The highest BCUT2D eigenvalue weighted by atomic mass is 32.2. The lowest BCUT2D eigenvalue weighted by molar-refractivity contribution is 0.270. The van der Waals surface area contributed by atoms with Gasteiger partial charge >= 0.3 is 0 Å². The van der Waals surface area contributed by atoms with Crippen molar-refractivity contribution in [3.05, 3.63) is 82.3 Å². The second-order valence-corrected chi connectivity index (χ2v) is 8.41. The van der Waals surface area contributed by atoms with Crippen molar-refractivity contribution < 1.29 is 17.6 Å². The molecule has 0 spiro atoms. The molecule has 7 nitrogen and oxygen atoms in total. The lowest BCUT2D eigenvalue weighted by atomic mass is 10.1. The lowest BCUT2D eigenvalue weighted by Crippen LogP contribution is -2.20. The quantitative estimate of drug-likeness (QED) is 0.457. The highest BCUT2D eigenvalue weighted by Crippen LogP contribution is 2.21. The summed E-state index contributed by atoms with van der Waals surface area (Å²) in [4.78, 5) is 2.45. The molecule has 8 heteroatoms. The molecule has 1 aromatic heterocycles. The van der Waals surface area contributed by atoms with Crippen molar-refractivity contribution in [3.63, 3.8) is 0 Å². The summed E-state index contributed by atoms with van der Waals surface area (Å²) in [5.74, 6) is 1.54. The van der Waals surface area contributed by atoms with E-state index in [1.54, 1.807) is 50.2 Å². The van der Waals surface area contributed by atoms with Gasteiger partial charge in [0.2, 0.25) is 0 Å². The van der Waals surface area contributed by atoms with Gasteiger partial charge in [-0.2, -0.15) is 23.6 Å². The number of hydrazone groups is 1. The van der Waals surface area contributed by atoms with Crippen LogP contribution >= 0.6 is 0 Å². The predicted octanol–water partition coefficient (Wildman–Crippen LogP) is 3.97. The smallest absolute Gasteiger partial charge is 0.277 e. The van der Waals surface area contributed by atoms with E-state index in [1.807, 2.05) is 25.1 Å². The minimum Gasteiger partial charge on any atom is -0.486 e. The van der Waals surface area contributed by atoms with E-state index in [0.717, 1.165) is 5.56 Å². The fourth-order valence-corrected chi connectivity index (χ4v) is 4.37. The highest BCUT2D eigenvalue weighted by Gasteiger charge is 2.19. The van der Waals surface area contributed by atoms with Gasteiger partial charge < -0.3 is 9.15 Å². The Morgan fingerprint density at radius 3 is 2.40 bits per heavy atom. The Kier molecular flexibility index (Phi) is 6.23. The van der Waals surface area contributed by atoms with Crippen molar-refractivity contribution in [2.75, 3.05) is 0 Å². The topological polar surface area (TPSA) is 105 Å². The van der Waals surface area contributed by atoms with Gasteiger partial charge in [-0.15, -0.1) is 0 Å². The van der Waals surface area contributed by atoms with Gasteiger partial charge in [0, 0.05) is 0 Å². The summed E-state index contributed by atoms with van der Waals surface area (Å²) in [5, 5.41) is 12.6. The van der Waals surface area contributed by atoms with Gasteiger partial charge in [0.1, 0.15) is 23.9 Å². The summed E-state index contributed by atoms with van der Waals surface area (Å²) < 4.78 is 36.4. The van der Waals surface area contributed by atoms with Crippen molar-refractivity contribution in [3.8, 4) is 11.8 Å². The average Bonchev–Trinajstić information content (AvgIpc) is 3.13. The number of nitrogens with zero attached hydrogens (tertiary/aromatic N) is 2. The van der Waals surface area contributed by atoms with Gasteiger partial charge in [-0.25, -0.2) is 0 Å². The van der Waals surface area contributed by atoms with Crippen LogP contribution in [0.3, 0.4) is 0 Å².